The number of morpholine rings is 1. The van der Waals surface area contributed by atoms with Crippen LogP contribution >= 0.6 is 0 Å². The van der Waals surface area contributed by atoms with Crippen molar-refractivity contribution in [1.29, 1.82) is 0 Å². The Kier molecular flexibility index (Phi) is 4.18. The van der Waals surface area contributed by atoms with Gasteiger partial charge in [0.1, 0.15) is 0 Å². The van der Waals surface area contributed by atoms with Crippen LogP contribution in [0.4, 0.5) is 13.2 Å². The highest BCUT2D eigenvalue weighted by Gasteiger charge is 2.44. The van der Waals surface area contributed by atoms with E-state index in [9.17, 15) is 13.2 Å². The fraction of sp³-hybridized carbons (Fsp3) is 1.00. The third-order valence-corrected chi connectivity index (χ3v) is 4.07. The molecule has 0 aromatic heterocycles. The Morgan fingerprint density at radius 2 is 2.00 bits per heavy atom. The first-order valence-electron chi connectivity index (χ1n) is 6.54. The number of piperidine rings is 1. The van der Waals surface area contributed by atoms with Gasteiger partial charge < -0.3 is 15.0 Å². The molecule has 2 saturated heterocycles. The van der Waals surface area contributed by atoms with Crippen LogP contribution in [0.2, 0.25) is 0 Å². The monoisotopic (exact) mass is 266 g/mol. The van der Waals surface area contributed by atoms with Gasteiger partial charge in [0.2, 0.25) is 0 Å². The fourth-order valence-electron chi connectivity index (χ4n) is 2.94. The second-order valence-corrected chi connectivity index (χ2v) is 5.38. The molecule has 0 aromatic carbocycles. The van der Waals surface area contributed by atoms with E-state index in [-0.39, 0.29) is 18.1 Å². The summed E-state index contributed by atoms with van der Waals surface area (Å²) in [6.07, 6.45) is -3.05. The number of hydrogen-bond acceptors (Lipinski definition) is 3. The van der Waals surface area contributed by atoms with Crippen molar-refractivity contribution < 1.29 is 17.9 Å². The van der Waals surface area contributed by atoms with E-state index in [0.717, 1.165) is 25.9 Å². The lowest BCUT2D eigenvalue weighted by molar-refractivity contribution is -0.155. The lowest BCUT2D eigenvalue weighted by atomic mass is 9.81. The molecule has 0 radical (unpaired) electrons. The normalized spacial score (nSPS) is 29.7. The molecule has 18 heavy (non-hydrogen) atoms. The van der Waals surface area contributed by atoms with Gasteiger partial charge in [0, 0.05) is 32.1 Å². The SMILES string of the molecule is CN1CCC2(CC1)OCCNC2CCC(F)(F)F. The van der Waals surface area contributed by atoms with Crippen LogP contribution in [0.25, 0.3) is 0 Å². The molecule has 1 atom stereocenters. The van der Waals surface area contributed by atoms with Crippen molar-refractivity contribution in [1.82, 2.24) is 10.2 Å². The number of rotatable bonds is 2. The van der Waals surface area contributed by atoms with Gasteiger partial charge in [-0.25, -0.2) is 0 Å². The molecule has 0 bridgehead atoms. The Bertz CT molecular complexity index is 275. The lowest BCUT2D eigenvalue weighted by Gasteiger charge is -2.48. The smallest absolute Gasteiger partial charge is 0.372 e. The lowest BCUT2D eigenvalue weighted by Crippen LogP contribution is -2.61. The number of nitrogens with one attached hydrogen (secondary N) is 1. The van der Waals surface area contributed by atoms with Gasteiger partial charge in [0.05, 0.1) is 12.2 Å². The summed E-state index contributed by atoms with van der Waals surface area (Å²) in [7, 11) is 2.04. The fourth-order valence-corrected chi connectivity index (χ4v) is 2.94. The first-order valence-corrected chi connectivity index (χ1v) is 6.54. The molecule has 0 aliphatic carbocycles. The molecule has 2 rings (SSSR count). The average Bonchev–Trinajstić information content (AvgIpc) is 2.31. The molecule has 1 spiro atoms. The van der Waals surface area contributed by atoms with E-state index >= 15 is 0 Å². The topological polar surface area (TPSA) is 24.5 Å². The van der Waals surface area contributed by atoms with Crippen LogP contribution < -0.4 is 5.32 Å². The molecular weight excluding hydrogens is 245 g/mol. The van der Waals surface area contributed by atoms with Crippen molar-refractivity contribution in [3.63, 3.8) is 0 Å². The number of hydrogen-bond donors (Lipinski definition) is 1. The highest BCUT2D eigenvalue weighted by Crippen LogP contribution is 2.35. The zero-order chi connectivity index (χ0) is 13.2. The van der Waals surface area contributed by atoms with Crippen molar-refractivity contribution in [2.45, 2.75) is 43.5 Å². The summed E-state index contributed by atoms with van der Waals surface area (Å²) in [6.45, 7) is 3.04. The van der Waals surface area contributed by atoms with Crippen molar-refractivity contribution in [2.24, 2.45) is 0 Å². The molecule has 1 N–H and O–H groups in total. The summed E-state index contributed by atoms with van der Waals surface area (Å²) in [5, 5.41) is 3.22. The van der Waals surface area contributed by atoms with E-state index < -0.39 is 12.6 Å². The quantitative estimate of drug-likeness (QED) is 0.824. The van der Waals surface area contributed by atoms with Gasteiger partial charge >= 0.3 is 6.18 Å². The standard InChI is InChI=1S/C12H21F3N2O/c1-17-7-4-11(5-8-17)10(16-6-9-18-11)2-3-12(13,14)15/h10,16H,2-9H2,1H3. The summed E-state index contributed by atoms with van der Waals surface area (Å²) in [5.74, 6) is 0. The van der Waals surface area contributed by atoms with Crippen LogP contribution in [0.5, 0.6) is 0 Å². The molecular formula is C12H21F3N2O. The Labute approximate surface area is 106 Å². The van der Waals surface area contributed by atoms with E-state index in [0.29, 0.717) is 13.2 Å². The van der Waals surface area contributed by atoms with Crippen LogP contribution in [0.1, 0.15) is 25.7 Å². The summed E-state index contributed by atoms with van der Waals surface area (Å²) < 4.78 is 42.9. The summed E-state index contributed by atoms with van der Waals surface area (Å²) in [4.78, 5) is 2.20. The highest BCUT2D eigenvalue weighted by atomic mass is 19.4. The molecule has 2 aliphatic rings. The third kappa shape index (κ3) is 3.36. The molecule has 0 saturated carbocycles. The van der Waals surface area contributed by atoms with Crippen LogP contribution in [0, 0.1) is 0 Å². The van der Waals surface area contributed by atoms with Gasteiger partial charge in [0.25, 0.3) is 0 Å². The summed E-state index contributed by atoms with van der Waals surface area (Å²) in [5.41, 5.74) is -0.379. The molecule has 1 unspecified atom stereocenters. The van der Waals surface area contributed by atoms with Crippen LogP contribution in [-0.2, 0) is 4.74 Å². The first kappa shape index (κ1) is 14.1. The zero-order valence-corrected chi connectivity index (χ0v) is 10.7. The summed E-state index contributed by atoms with van der Waals surface area (Å²) in [6, 6.07) is -0.165. The van der Waals surface area contributed by atoms with Gasteiger partial charge in [-0.15, -0.1) is 0 Å². The molecule has 2 fully saturated rings. The van der Waals surface area contributed by atoms with E-state index in [2.05, 4.69) is 10.2 Å². The minimum Gasteiger partial charge on any atom is -0.372 e. The first-order chi connectivity index (χ1) is 8.41. The molecule has 106 valence electrons. The number of halogens is 3. The number of likely N-dealkylation sites (tertiary alicyclic amines) is 1. The molecule has 6 heteroatoms. The predicted molar refractivity (Wildman–Crippen MR) is 62.5 cm³/mol. The van der Waals surface area contributed by atoms with Crippen molar-refractivity contribution in [3.8, 4) is 0 Å². The van der Waals surface area contributed by atoms with Gasteiger partial charge in [-0.1, -0.05) is 0 Å². The third-order valence-electron chi connectivity index (χ3n) is 4.07. The Hall–Kier alpha value is -0.330. The van der Waals surface area contributed by atoms with Gasteiger partial charge in [0.15, 0.2) is 0 Å². The van der Waals surface area contributed by atoms with E-state index in [1.165, 1.54) is 0 Å². The Morgan fingerprint density at radius 3 is 2.61 bits per heavy atom. The van der Waals surface area contributed by atoms with Gasteiger partial charge in [-0.05, 0) is 26.3 Å². The summed E-state index contributed by atoms with van der Waals surface area (Å²) >= 11 is 0. The van der Waals surface area contributed by atoms with E-state index in [4.69, 9.17) is 4.74 Å². The number of alkyl halides is 3. The molecule has 2 heterocycles. The second kappa shape index (κ2) is 5.35. The number of ether oxygens (including phenoxy) is 1. The Balaban J connectivity index is 1.97. The largest absolute Gasteiger partial charge is 0.389 e. The van der Waals surface area contributed by atoms with Crippen LogP contribution in [0.3, 0.4) is 0 Å². The highest BCUT2D eigenvalue weighted by molar-refractivity contribution is 4.99. The maximum absolute atomic E-state index is 12.4. The predicted octanol–water partition coefficient (Wildman–Crippen LogP) is 1.78. The van der Waals surface area contributed by atoms with Gasteiger partial charge in [-0.2, -0.15) is 13.2 Å². The van der Waals surface area contributed by atoms with Crippen LogP contribution in [-0.4, -0.2) is 56.0 Å². The van der Waals surface area contributed by atoms with Crippen molar-refractivity contribution in [2.75, 3.05) is 33.3 Å². The molecule has 2 aliphatic heterocycles. The van der Waals surface area contributed by atoms with Crippen molar-refractivity contribution in [3.05, 3.63) is 0 Å². The maximum Gasteiger partial charge on any atom is 0.389 e. The number of nitrogens with zero attached hydrogens (tertiary/aromatic N) is 1. The molecule has 0 aromatic rings. The minimum atomic E-state index is -4.08. The maximum atomic E-state index is 12.4. The molecule has 0 amide bonds. The molecule has 3 nitrogen and oxygen atoms in total. The van der Waals surface area contributed by atoms with E-state index in [1.807, 2.05) is 7.05 Å². The van der Waals surface area contributed by atoms with Crippen molar-refractivity contribution >= 4 is 0 Å². The minimum absolute atomic E-state index is 0.118. The second-order valence-electron chi connectivity index (χ2n) is 5.38. The van der Waals surface area contributed by atoms with E-state index in [1.54, 1.807) is 0 Å². The van der Waals surface area contributed by atoms with Gasteiger partial charge in [-0.3, -0.25) is 0 Å². The average molecular weight is 266 g/mol. The zero-order valence-electron chi connectivity index (χ0n) is 10.7. The van der Waals surface area contributed by atoms with Crippen LogP contribution in [0.15, 0.2) is 0 Å². The Morgan fingerprint density at radius 1 is 1.33 bits per heavy atom.